The molecule has 1 saturated carbocycles. The Bertz CT molecular complexity index is 347. The number of ether oxygens (including phenoxy) is 1. The quantitative estimate of drug-likeness (QED) is 0.729. The van der Waals surface area contributed by atoms with E-state index >= 15 is 0 Å². The maximum absolute atomic E-state index is 12.2. The van der Waals surface area contributed by atoms with Gasteiger partial charge in [-0.15, -0.1) is 0 Å². The molecule has 2 aliphatic rings. The summed E-state index contributed by atoms with van der Waals surface area (Å²) in [7, 11) is 1.62. The summed E-state index contributed by atoms with van der Waals surface area (Å²) >= 11 is 0. The van der Waals surface area contributed by atoms with E-state index in [0.717, 1.165) is 13.0 Å². The first-order chi connectivity index (χ1) is 11.1. The Morgan fingerprint density at radius 1 is 1.26 bits per heavy atom. The third-order valence-corrected chi connectivity index (χ3v) is 5.10. The lowest BCUT2D eigenvalue weighted by Crippen LogP contribution is -2.56. The number of amides is 1. The number of likely N-dealkylation sites (tertiary alicyclic amines) is 1. The fourth-order valence-electron chi connectivity index (χ4n) is 3.83. The smallest absolute Gasteiger partial charge is 0.290 e. The van der Waals surface area contributed by atoms with Crippen molar-refractivity contribution >= 4 is 12.4 Å². The SMILES string of the molecule is CCC(OC)C(=O)NCC1(N2CCCC2)CCCCC1.O=CO. The molecule has 0 aromatic carbocycles. The lowest BCUT2D eigenvalue weighted by atomic mass is 9.80. The van der Waals surface area contributed by atoms with Crippen molar-refractivity contribution in [2.24, 2.45) is 0 Å². The lowest BCUT2D eigenvalue weighted by molar-refractivity contribution is -0.132. The molecule has 1 unspecified atom stereocenters. The van der Waals surface area contributed by atoms with E-state index < -0.39 is 0 Å². The number of rotatable bonds is 6. The Kier molecular flexibility index (Phi) is 9.17. The van der Waals surface area contributed by atoms with Gasteiger partial charge >= 0.3 is 0 Å². The van der Waals surface area contributed by atoms with Gasteiger partial charge in [0, 0.05) is 19.2 Å². The number of carbonyl (C=O) groups excluding carboxylic acids is 1. The maximum Gasteiger partial charge on any atom is 0.290 e. The lowest BCUT2D eigenvalue weighted by Gasteiger charge is -2.45. The fraction of sp³-hybridized carbons (Fsp3) is 0.882. The standard InChI is InChI=1S/C16H30N2O2.CH2O2/c1-3-14(20-2)15(19)17-13-16(9-5-4-6-10-16)18-11-7-8-12-18;2-1-3/h14H,3-13H2,1-2H3,(H,17,19);1H,(H,2,3). The number of hydrogen-bond donors (Lipinski definition) is 2. The summed E-state index contributed by atoms with van der Waals surface area (Å²) in [5.74, 6) is 0.0548. The molecule has 2 rings (SSSR count). The van der Waals surface area contributed by atoms with Crippen LogP contribution in [0.2, 0.25) is 0 Å². The first-order valence-corrected chi connectivity index (χ1v) is 8.77. The molecule has 0 spiro atoms. The summed E-state index contributed by atoms with van der Waals surface area (Å²) in [6.07, 6.45) is 9.47. The van der Waals surface area contributed by atoms with Crippen molar-refractivity contribution in [1.29, 1.82) is 0 Å². The van der Waals surface area contributed by atoms with Gasteiger partial charge in [-0.25, -0.2) is 0 Å². The van der Waals surface area contributed by atoms with Gasteiger partial charge in [0.1, 0.15) is 6.10 Å². The van der Waals surface area contributed by atoms with Crippen molar-refractivity contribution < 1.29 is 19.4 Å². The number of methoxy groups -OCH3 is 1. The van der Waals surface area contributed by atoms with E-state index in [1.165, 1.54) is 58.0 Å². The Morgan fingerprint density at radius 3 is 2.30 bits per heavy atom. The van der Waals surface area contributed by atoms with E-state index in [2.05, 4.69) is 10.2 Å². The van der Waals surface area contributed by atoms with E-state index in [1.807, 2.05) is 6.92 Å². The minimum atomic E-state index is -0.297. The van der Waals surface area contributed by atoms with Gasteiger partial charge < -0.3 is 15.2 Å². The zero-order valence-corrected chi connectivity index (χ0v) is 14.6. The third kappa shape index (κ3) is 5.77. The van der Waals surface area contributed by atoms with E-state index in [-0.39, 0.29) is 24.0 Å². The highest BCUT2D eigenvalue weighted by Crippen LogP contribution is 2.35. The summed E-state index contributed by atoms with van der Waals surface area (Å²) in [5.41, 5.74) is 0.219. The molecule has 1 atom stereocenters. The molecule has 2 fully saturated rings. The highest BCUT2D eigenvalue weighted by atomic mass is 16.5. The normalized spacial score (nSPS) is 21.8. The summed E-state index contributed by atoms with van der Waals surface area (Å²) in [6, 6.07) is 0. The number of nitrogens with zero attached hydrogens (tertiary/aromatic N) is 1. The van der Waals surface area contributed by atoms with Crippen molar-refractivity contribution in [2.75, 3.05) is 26.7 Å². The number of nitrogens with one attached hydrogen (secondary N) is 1. The molecule has 1 amide bonds. The third-order valence-electron chi connectivity index (χ3n) is 5.10. The van der Waals surface area contributed by atoms with Gasteiger partial charge in [-0.2, -0.15) is 0 Å². The van der Waals surface area contributed by atoms with Crippen LogP contribution in [0.3, 0.4) is 0 Å². The van der Waals surface area contributed by atoms with Crippen LogP contribution in [0.1, 0.15) is 58.3 Å². The molecule has 1 aliphatic heterocycles. The molecule has 0 aromatic heterocycles. The van der Waals surface area contributed by atoms with Crippen LogP contribution in [0, 0.1) is 0 Å². The molecular formula is C17H32N2O4. The number of carbonyl (C=O) groups is 2. The van der Waals surface area contributed by atoms with E-state index in [0.29, 0.717) is 0 Å². The molecule has 0 bridgehead atoms. The Balaban J connectivity index is 0.000000816. The van der Waals surface area contributed by atoms with Crippen LogP contribution in [-0.2, 0) is 14.3 Å². The predicted octanol–water partition coefficient (Wildman–Crippen LogP) is 2.03. The van der Waals surface area contributed by atoms with Crippen molar-refractivity contribution in [3.05, 3.63) is 0 Å². The molecule has 0 aromatic rings. The van der Waals surface area contributed by atoms with Gasteiger partial charge in [0.15, 0.2) is 0 Å². The van der Waals surface area contributed by atoms with Crippen LogP contribution in [0.25, 0.3) is 0 Å². The molecule has 1 aliphatic carbocycles. The highest BCUT2D eigenvalue weighted by molar-refractivity contribution is 5.80. The molecular weight excluding hydrogens is 296 g/mol. The second kappa shape index (κ2) is 10.6. The molecule has 134 valence electrons. The van der Waals surface area contributed by atoms with Crippen molar-refractivity contribution in [1.82, 2.24) is 10.2 Å². The van der Waals surface area contributed by atoms with E-state index in [9.17, 15) is 4.79 Å². The maximum atomic E-state index is 12.2. The van der Waals surface area contributed by atoms with Gasteiger partial charge in [-0.1, -0.05) is 26.2 Å². The van der Waals surface area contributed by atoms with Crippen molar-refractivity contribution in [3.63, 3.8) is 0 Å². The molecule has 6 heteroatoms. The fourth-order valence-corrected chi connectivity index (χ4v) is 3.83. The Labute approximate surface area is 139 Å². The van der Waals surface area contributed by atoms with Crippen LogP contribution in [0.5, 0.6) is 0 Å². The predicted molar refractivity (Wildman–Crippen MR) is 89.4 cm³/mol. The average Bonchev–Trinajstić information content (AvgIpc) is 3.11. The second-order valence-corrected chi connectivity index (χ2v) is 6.43. The van der Waals surface area contributed by atoms with Crippen LogP contribution in [-0.4, -0.2) is 60.8 Å². The van der Waals surface area contributed by atoms with Crippen LogP contribution < -0.4 is 5.32 Å². The topological polar surface area (TPSA) is 78.9 Å². The first-order valence-electron chi connectivity index (χ1n) is 8.77. The summed E-state index contributed by atoms with van der Waals surface area (Å²) < 4.78 is 5.23. The molecule has 2 N–H and O–H groups in total. The van der Waals surface area contributed by atoms with Crippen LogP contribution in [0.15, 0.2) is 0 Å². The molecule has 23 heavy (non-hydrogen) atoms. The van der Waals surface area contributed by atoms with Crippen molar-refractivity contribution in [3.8, 4) is 0 Å². The minimum Gasteiger partial charge on any atom is -0.483 e. The first kappa shape index (κ1) is 19.9. The number of hydrogen-bond acceptors (Lipinski definition) is 4. The number of carboxylic acid groups (broad SMARTS) is 1. The highest BCUT2D eigenvalue weighted by Gasteiger charge is 2.39. The minimum absolute atomic E-state index is 0.0548. The summed E-state index contributed by atoms with van der Waals surface area (Å²) in [5, 5.41) is 10.1. The largest absolute Gasteiger partial charge is 0.483 e. The molecule has 6 nitrogen and oxygen atoms in total. The van der Waals surface area contributed by atoms with Crippen LogP contribution in [0.4, 0.5) is 0 Å². The average molecular weight is 328 g/mol. The van der Waals surface area contributed by atoms with Gasteiger partial charge in [0.05, 0.1) is 0 Å². The monoisotopic (exact) mass is 328 g/mol. The Hall–Kier alpha value is -1.14. The van der Waals surface area contributed by atoms with Gasteiger partial charge in [0.25, 0.3) is 6.47 Å². The van der Waals surface area contributed by atoms with Crippen molar-refractivity contribution in [2.45, 2.75) is 69.9 Å². The van der Waals surface area contributed by atoms with E-state index in [1.54, 1.807) is 7.11 Å². The van der Waals surface area contributed by atoms with Gasteiger partial charge in [-0.3, -0.25) is 14.5 Å². The van der Waals surface area contributed by atoms with Crippen LogP contribution >= 0.6 is 0 Å². The summed E-state index contributed by atoms with van der Waals surface area (Å²) in [6.45, 7) is 4.95. The molecule has 1 saturated heterocycles. The summed E-state index contributed by atoms with van der Waals surface area (Å²) in [4.78, 5) is 23.2. The molecule has 1 heterocycles. The Morgan fingerprint density at radius 2 is 1.83 bits per heavy atom. The van der Waals surface area contributed by atoms with E-state index in [4.69, 9.17) is 14.6 Å². The molecule has 0 radical (unpaired) electrons. The zero-order valence-electron chi connectivity index (χ0n) is 14.6. The zero-order chi connectivity index (χ0) is 17.1. The van der Waals surface area contributed by atoms with Gasteiger partial charge in [-0.05, 0) is 45.2 Å². The second-order valence-electron chi connectivity index (χ2n) is 6.43. The van der Waals surface area contributed by atoms with Gasteiger partial charge in [0.2, 0.25) is 5.91 Å².